The highest BCUT2D eigenvalue weighted by atomic mass is 16.4. The van der Waals surface area contributed by atoms with E-state index >= 15 is 0 Å². The highest BCUT2D eigenvalue weighted by Gasteiger charge is 2.31. The van der Waals surface area contributed by atoms with Crippen molar-refractivity contribution in [2.24, 2.45) is 11.8 Å². The number of rotatable bonds is 4. The molecule has 1 aromatic rings. The average Bonchev–Trinajstić information content (AvgIpc) is 2.46. The Morgan fingerprint density at radius 3 is 2.35 bits per heavy atom. The van der Waals surface area contributed by atoms with E-state index in [2.05, 4.69) is 5.32 Å². The number of nitrogens with one attached hydrogen (secondary N) is 1. The van der Waals surface area contributed by atoms with Crippen LogP contribution in [0.2, 0.25) is 0 Å². The minimum Gasteiger partial charge on any atom is -0.550 e. The molecule has 0 bridgehead atoms. The van der Waals surface area contributed by atoms with E-state index in [1.54, 1.807) is 0 Å². The third-order valence-corrected chi connectivity index (χ3v) is 3.99. The van der Waals surface area contributed by atoms with E-state index in [-0.39, 0.29) is 5.91 Å². The van der Waals surface area contributed by atoms with Crippen molar-refractivity contribution in [1.82, 2.24) is 5.32 Å². The molecule has 4 nitrogen and oxygen atoms in total. The number of aliphatic carboxylic acids is 1. The summed E-state index contributed by atoms with van der Waals surface area (Å²) >= 11 is 0. The van der Waals surface area contributed by atoms with Crippen LogP contribution in [0.4, 0.5) is 0 Å². The highest BCUT2D eigenvalue weighted by molar-refractivity contribution is 5.84. The van der Waals surface area contributed by atoms with Crippen molar-refractivity contribution in [3.8, 4) is 0 Å². The maximum atomic E-state index is 12.2. The number of carboxylic acid groups (broad SMARTS) is 1. The van der Waals surface area contributed by atoms with Crippen molar-refractivity contribution in [2.75, 3.05) is 0 Å². The maximum Gasteiger partial charge on any atom is 0.224 e. The van der Waals surface area contributed by atoms with Gasteiger partial charge in [-0.2, -0.15) is 0 Å². The summed E-state index contributed by atoms with van der Waals surface area (Å²) in [6.07, 6.45) is 2.95. The maximum absolute atomic E-state index is 12.2. The fourth-order valence-electron chi connectivity index (χ4n) is 2.75. The molecule has 1 amide bonds. The van der Waals surface area contributed by atoms with E-state index in [4.69, 9.17) is 0 Å². The van der Waals surface area contributed by atoms with Crippen molar-refractivity contribution >= 4 is 11.9 Å². The van der Waals surface area contributed by atoms with Crippen molar-refractivity contribution < 1.29 is 14.7 Å². The largest absolute Gasteiger partial charge is 0.550 e. The number of benzene rings is 1. The highest BCUT2D eigenvalue weighted by Crippen LogP contribution is 2.29. The molecule has 4 heteroatoms. The van der Waals surface area contributed by atoms with Gasteiger partial charge >= 0.3 is 0 Å². The van der Waals surface area contributed by atoms with Gasteiger partial charge in [0.15, 0.2) is 0 Å². The van der Waals surface area contributed by atoms with Crippen molar-refractivity contribution in [3.05, 3.63) is 35.4 Å². The number of hydrogen-bond acceptors (Lipinski definition) is 3. The number of carboxylic acids is 1. The molecular weight excluding hydrogens is 254 g/mol. The number of carbonyl (C=O) groups excluding carboxylic acids is 2. The molecule has 0 aliphatic heterocycles. The number of carbonyl (C=O) groups is 2. The fraction of sp³-hybridized carbons (Fsp3) is 0.500. The molecule has 0 aromatic heterocycles. The molecule has 2 rings (SSSR count). The summed E-state index contributed by atoms with van der Waals surface area (Å²) in [6.45, 7) is 2.45. The molecule has 1 N–H and O–H groups in total. The van der Waals surface area contributed by atoms with Gasteiger partial charge in [0.2, 0.25) is 5.91 Å². The minimum atomic E-state index is -1.10. The van der Waals surface area contributed by atoms with Gasteiger partial charge in [-0.25, -0.2) is 0 Å². The summed E-state index contributed by atoms with van der Waals surface area (Å²) in [6, 6.07) is 7.91. The van der Waals surface area contributed by atoms with Gasteiger partial charge in [0.1, 0.15) is 0 Å². The monoisotopic (exact) mass is 274 g/mol. The van der Waals surface area contributed by atoms with Gasteiger partial charge in [-0.15, -0.1) is 0 Å². The fourth-order valence-corrected chi connectivity index (χ4v) is 2.75. The second-order valence-corrected chi connectivity index (χ2v) is 5.52. The summed E-state index contributed by atoms with van der Waals surface area (Å²) in [7, 11) is 0. The van der Waals surface area contributed by atoms with E-state index in [1.807, 2.05) is 31.2 Å². The summed E-state index contributed by atoms with van der Waals surface area (Å²) in [4.78, 5) is 23.2. The molecule has 1 aromatic carbocycles. The molecule has 0 saturated heterocycles. The van der Waals surface area contributed by atoms with Crippen molar-refractivity contribution in [2.45, 2.75) is 39.2 Å². The van der Waals surface area contributed by atoms with E-state index in [1.165, 1.54) is 5.56 Å². The van der Waals surface area contributed by atoms with Crippen LogP contribution in [0.25, 0.3) is 0 Å². The minimum absolute atomic E-state index is 0.167. The first-order valence-corrected chi connectivity index (χ1v) is 7.12. The van der Waals surface area contributed by atoms with Gasteiger partial charge in [0.05, 0.1) is 0 Å². The molecule has 0 radical (unpaired) electrons. The molecular formula is C16H20NO3-. The van der Waals surface area contributed by atoms with E-state index in [9.17, 15) is 14.7 Å². The quantitative estimate of drug-likeness (QED) is 0.896. The Morgan fingerprint density at radius 2 is 1.75 bits per heavy atom. The Hall–Kier alpha value is -1.84. The predicted octanol–water partition coefficient (Wildman–Crippen LogP) is 1.17. The third kappa shape index (κ3) is 3.59. The zero-order valence-electron chi connectivity index (χ0n) is 11.7. The Labute approximate surface area is 119 Å². The number of amides is 1. The van der Waals surface area contributed by atoms with Crippen LogP contribution in [0.3, 0.4) is 0 Å². The van der Waals surface area contributed by atoms with Gasteiger partial charge in [-0.05, 0) is 25.3 Å². The summed E-state index contributed by atoms with van der Waals surface area (Å²) in [5.74, 6) is -2.35. The molecule has 0 spiro atoms. The lowest BCUT2D eigenvalue weighted by Crippen LogP contribution is -2.44. The number of aryl methyl sites for hydroxylation is 1. The van der Waals surface area contributed by atoms with Crippen LogP contribution in [0, 0.1) is 18.8 Å². The third-order valence-electron chi connectivity index (χ3n) is 3.99. The topological polar surface area (TPSA) is 69.2 Å². The first kappa shape index (κ1) is 14.6. The lowest BCUT2D eigenvalue weighted by Gasteiger charge is -2.31. The first-order valence-electron chi connectivity index (χ1n) is 7.12. The second-order valence-electron chi connectivity index (χ2n) is 5.52. The van der Waals surface area contributed by atoms with E-state index in [0.29, 0.717) is 19.4 Å². The average molecular weight is 274 g/mol. The van der Waals surface area contributed by atoms with E-state index in [0.717, 1.165) is 18.4 Å². The molecule has 1 saturated carbocycles. The van der Waals surface area contributed by atoms with Crippen LogP contribution in [0.15, 0.2) is 24.3 Å². The molecule has 0 unspecified atom stereocenters. The van der Waals surface area contributed by atoms with Crippen LogP contribution in [-0.4, -0.2) is 11.9 Å². The summed E-state index contributed by atoms with van der Waals surface area (Å²) < 4.78 is 0. The first-order chi connectivity index (χ1) is 9.58. The van der Waals surface area contributed by atoms with E-state index < -0.39 is 17.8 Å². The summed E-state index contributed by atoms with van der Waals surface area (Å²) in [5.41, 5.74) is 2.19. The molecule has 20 heavy (non-hydrogen) atoms. The van der Waals surface area contributed by atoms with Crippen LogP contribution in [0.1, 0.15) is 36.8 Å². The Kier molecular flexibility index (Phi) is 4.77. The Balaban J connectivity index is 1.93. The smallest absolute Gasteiger partial charge is 0.224 e. The molecule has 2 atom stereocenters. The van der Waals surface area contributed by atoms with Gasteiger partial charge in [0.25, 0.3) is 0 Å². The lowest BCUT2D eigenvalue weighted by atomic mass is 9.78. The molecule has 0 heterocycles. The molecule has 108 valence electrons. The van der Waals surface area contributed by atoms with Crippen molar-refractivity contribution in [1.29, 1.82) is 0 Å². The molecule has 1 aliphatic rings. The van der Waals surface area contributed by atoms with Gasteiger partial charge in [-0.1, -0.05) is 42.7 Å². The van der Waals surface area contributed by atoms with Gasteiger partial charge in [0, 0.05) is 24.3 Å². The molecule has 1 fully saturated rings. The number of hydrogen-bond donors (Lipinski definition) is 1. The van der Waals surface area contributed by atoms with Gasteiger partial charge in [-0.3, -0.25) is 4.79 Å². The van der Waals surface area contributed by atoms with Crippen LogP contribution < -0.4 is 10.4 Å². The zero-order chi connectivity index (χ0) is 14.5. The summed E-state index contributed by atoms with van der Waals surface area (Å²) in [5, 5.41) is 13.9. The molecule has 1 aliphatic carbocycles. The normalized spacial score (nSPS) is 22.2. The lowest BCUT2D eigenvalue weighted by molar-refractivity contribution is -0.314. The van der Waals surface area contributed by atoms with Crippen LogP contribution in [-0.2, 0) is 16.1 Å². The second kappa shape index (κ2) is 6.55. The van der Waals surface area contributed by atoms with Gasteiger partial charge < -0.3 is 15.2 Å². The predicted molar refractivity (Wildman–Crippen MR) is 73.5 cm³/mol. The standard InChI is InChI=1S/C16H21NO3/c1-11-6-8-12(9-7-11)10-17-15(18)13-4-2-3-5-14(13)16(19)20/h6-9,13-14H,2-5,10H2,1H3,(H,17,18)(H,19,20)/p-1/t13-,14+/m0/s1. The zero-order valence-corrected chi connectivity index (χ0v) is 11.7. The van der Waals surface area contributed by atoms with Crippen LogP contribution in [0.5, 0.6) is 0 Å². The Bertz CT molecular complexity index is 481. The van der Waals surface area contributed by atoms with Crippen LogP contribution >= 0.6 is 0 Å². The Morgan fingerprint density at radius 1 is 1.15 bits per heavy atom. The SMILES string of the molecule is Cc1ccc(CNC(=O)[C@H]2CCCC[C@H]2C(=O)[O-])cc1. The van der Waals surface area contributed by atoms with Crippen molar-refractivity contribution in [3.63, 3.8) is 0 Å².